The maximum Gasteiger partial charge on any atom is 0.230 e. The molecule has 0 saturated carbocycles. The summed E-state index contributed by atoms with van der Waals surface area (Å²) in [5, 5.41) is 13.0. The van der Waals surface area contributed by atoms with Crippen molar-refractivity contribution in [3.8, 4) is 0 Å². The van der Waals surface area contributed by atoms with E-state index >= 15 is 0 Å². The van der Waals surface area contributed by atoms with E-state index in [0.717, 1.165) is 42.6 Å². The van der Waals surface area contributed by atoms with Crippen LogP contribution in [-0.4, -0.2) is 48.0 Å². The second-order valence-corrected chi connectivity index (χ2v) is 8.66. The molecule has 6 nitrogen and oxygen atoms in total. The molecule has 1 aliphatic rings. The van der Waals surface area contributed by atoms with Crippen LogP contribution in [0.2, 0.25) is 5.02 Å². The average molecular weight is 454 g/mol. The molecule has 0 spiro atoms. The first-order chi connectivity index (χ1) is 15.2. The van der Waals surface area contributed by atoms with Crippen molar-refractivity contribution in [2.24, 2.45) is 0 Å². The van der Waals surface area contributed by atoms with Crippen LogP contribution in [0.1, 0.15) is 5.56 Å². The zero-order valence-corrected chi connectivity index (χ0v) is 18.6. The number of hydrogen-bond donors (Lipinski definition) is 1. The van der Waals surface area contributed by atoms with E-state index in [9.17, 15) is 4.79 Å². The van der Waals surface area contributed by atoms with Crippen LogP contribution in [0.4, 0.5) is 11.5 Å². The van der Waals surface area contributed by atoms with Gasteiger partial charge in [0.1, 0.15) is 5.03 Å². The number of piperazine rings is 1. The maximum atomic E-state index is 12.1. The first-order valence-corrected chi connectivity index (χ1v) is 11.6. The van der Waals surface area contributed by atoms with Gasteiger partial charge in [0.05, 0.1) is 5.75 Å². The van der Waals surface area contributed by atoms with E-state index < -0.39 is 0 Å². The van der Waals surface area contributed by atoms with Crippen molar-refractivity contribution in [1.29, 1.82) is 0 Å². The number of carbonyl (C=O) groups excluding carboxylic acids is 1. The molecule has 8 heteroatoms. The van der Waals surface area contributed by atoms with Gasteiger partial charge in [0, 0.05) is 43.4 Å². The summed E-state index contributed by atoms with van der Waals surface area (Å²) in [6, 6.07) is 21.8. The summed E-state index contributed by atoms with van der Waals surface area (Å²) in [5.74, 6) is 1.14. The number of thioether (sulfide) groups is 1. The Kier molecular flexibility index (Phi) is 7.27. The molecule has 1 aromatic heterocycles. The first-order valence-electron chi connectivity index (χ1n) is 10.2. The van der Waals surface area contributed by atoms with Crippen LogP contribution in [-0.2, 0) is 11.3 Å². The zero-order valence-electron chi connectivity index (χ0n) is 17.1. The highest BCUT2D eigenvalue weighted by atomic mass is 35.5. The molecule has 2 heterocycles. The van der Waals surface area contributed by atoms with Gasteiger partial charge in [-0.2, -0.15) is 0 Å². The number of amides is 1. The molecular weight excluding hydrogens is 430 g/mol. The molecule has 31 heavy (non-hydrogen) atoms. The van der Waals surface area contributed by atoms with Crippen molar-refractivity contribution in [2.45, 2.75) is 11.6 Å². The van der Waals surface area contributed by atoms with Gasteiger partial charge in [-0.25, -0.2) is 0 Å². The molecule has 0 radical (unpaired) electrons. The molecule has 4 rings (SSSR count). The van der Waals surface area contributed by atoms with E-state index in [2.05, 4.69) is 49.6 Å². The van der Waals surface area contributed by atoms with Crippen LogP contribution in [0.5, 0.6) is 0 Å². The lowest BCUT2D eigenvalue weighted by Crippen LogP contribution is -2.46. The minimum Gasteiger partial charge on any atom is -0.368 e. The van der Waals surface area contributed by atoms with Crippen LogP contribution in [0.25, 0.3) is 0 Å². The van der Waals surface area contributed by atoms with Gasteiger partial charge in [0.2, 0.25) is 5.91 Å². The van der Waals surface area contributed by atoms with Crippen LogP contribution in [0, 0.1) is 0 Å². The van der Waals surface area contributed by atoms with Gasteiger partial charge in [-0.3, -0.25) is 4.79 Å². The third-order valence-corrected chi connectivity index (χ3v) is 6.28. The molecule has 0 aliphatic carbocycles. The van der Waals surface area contributed by atoms with Gasteiger partial charge in [-0.15, -0.1) is 10.2 Å². The van der Waals surface area contributed by atoms with Crippen molar-refractivity contribution in [2.75, 3.05) is 41.7 Å². The summed E-state index contributed by atoms with van der Waals surface area (Å²) in [6.45, 7) is 4.20. The van der Waals surface area contributed by atoms with E-state index in [1.807, 2.05) is 42.5 Å². The Balaban J connectivity index is 1.21. The summed E-state index contributed by atoms with van der Waals surface area (Å²) in [5.41, 5.74) is 2.27. The van der Waals surface area contributed by atoms with Gasteiger partial charge >= 0.3 is 0 Å². The SMILES string of the molecule is O=C(CSc1ccc(N2CCN(c3ccccc3)CC2)nn1)NCc1ccc(Cl)cc1. The normalized spacial score (nSPS) is 13.8. The second-order valence-electron chi connectivity index (χ2n) is 7.23. The second kappa shape index (κ2) is 10.5. The maximum absolute atomic E-state index is 12.1. The lowest BCUT2D eigenvalue weighted by molar-refractivity contribution is -0.118. The number of para-hydroxylation sites is 1. The fourth-order valence-electron chi connectivity index (χ4n) is 3.38. The van der Waals surface area contributed by atoms with Gasteiger partial charge in [-0.1, -0.05) is 53.7 Å². The Labute approximate surface area is 191 Å². The van der Waals surface area contributed by atoms with Crippen molar-refractivity contribution in [1.82, 2.24) is 15.5 Å². The van der Waals surface area contributed by atoms with Crippen LogP contribution < -0.4 is 15.1 Å². The fourth-order valence-corrected chi connectivity index (χ4v) is 4.15. The predicted molar refractivity (Wildman–Crippen MR) is 127 cm³/mol. The average Bonchev–Trinajstić information content (AvgIpc) is 2.83. The molecule has 160 valence electrons. The van der Waals surface area contributed by atoms with Gasteiger partial charge in [0.15, 0.2) is 5.82 Å². The molecule has 1 saturated heterocycles. The largest absolute Gasteiger partial charge is 0.368 e. The predicted octanol–water partition coefficient (Wildman–Crippen LogP) is 3.87. The number of carbonyl (C=O) groups is 1. The summed E-state index contributed by atoms with van der Waals surface area (Å²) >= 11 is 7.26. The summed E-state index contributed by atoms with van der Waals surface area (Å²) < 4.78 is 0. The lowest BCUT2D eigenvalue weighted by Gasteiger charge is -2.36. The Bertz CT molecular complexity index is 977. The number of benzene rings is 2. The first kappa shape index (κ1) is 21.5. The molecule has 0 bridgehead atoms. The number of halogens is 1. The number of nitrogens with one attached hydrogen (secondary N) is 1. The van der Waals surface area contributed by atoms with E-state index in [-0.39, 0.29) is 5.91 Å². The van der Waals surface area contributed by atoms with Crippen LogP contribution >= 0.6 is 23.4 Å². The van der Waals surface area contributed by atoms with E-state index in [1.54, 1.807) is 0 Å². The highest BCUT2D eigenvalue weighted by Crippen LogP contribution is 2.20. The van der Waals surface area contributed by atoms with E-state index in [1.165, 1.54) is 17.4 Å². The van der Waals surface area contributed by atoms with Crippen LogP contribution in [0.15, 0.2) is 71.8 Å². The van der Waals surface area contributed by atoms with Gasteiger partial charge in [-0.05, 0) is 42.0 Å². The molecule has 1 N–H and O–H groups in total. The molecule has 2 aromatic carbocycles. The molecular formula is C23H24ClN5OS. The molecule has 1 fully saturated rings. The summed E-state index contributed by atoms with van der Waals surface area (Å²) in [6.07, 6.45) is 0. The van der Waals surface area contributed by atoms with Crippen molar-refractivity contribution >= 4 is 40.8 Å². The Hall–Kier alpha value is -2.77. The topological polar surface area (TPSA) is 61.4 Å². The minimum atomic E-state index is -0.0390. The quantitative estimate of drug-likeness (QED) is 0.548. The van der Waals surface area contributed by atoms with Crippen LogP contribution in [0.3, 0.4) is 0 Å². The van der Waals surface area contributed by atoms with Crippen molar-refractivity contribution in [3.05, 3.63) is 77.3 Å². The number of anilines is 2. The Morgan fingerprint density at radius 3 is 2.29 bits per heavy atom. The molecule has 0 atom stereocenters. The standard InChI is InChI=1S/C23H24ClN5OS/c24-19-8-6-18(7-9-19)16-25-22(30)17-31-23-11-10-21(26-27-23)29-14-12-28(13-15-29)20-4-2-1-3-5-20/h1-11H,12-17H2,(H,25,30). The molecule has 1 amide bonds. The number of hydrogen-bond acceptors (Lipinski definition) is 6. The number of rotatable bonds is 7. The van der Waals surface area contributed by atoms with Gasteiger partial charge in [0.25, 0.3) is 0 Å². The Morgan fingerprint density at radius 1 is 0.903 bits per heavy atom. The summed E-state index contributed by atoms with van der Waals surface area (Å²) in [7, 11) is 0. The number of nitrogens with zero attached hydrogens (tertiary/aromatic N) is 4. The molecule has 1 aliphatic heterocycles. The minimum absolute atomic E-state index is 0.0390. The highest BCUT2D eigenvalue weighted by molar-refractivity contribution is 7.99. The third kappa shape index (κ3) is 6.12. The fraction of sp³-hybridized carbons (Fsp3) is 0.261. The monoisotopic (exact) mass is 453 g/mol. The van der Waals surface area contributed by atoms with Gasteiger partial charge < -0.3 is 15.1 Å². The smallest absolute Gasteiger partial charge is 0.230 e. The van der Waals surface area contributed by atoms with E-state index in [0.29, 0.717) is 17.3 Å². The molecule has 3 aromatic rings. The third-order valence-electron chi connectivity index (χ3n) is 5.11. The van der Waals surface area contributed by atoms with Crippen molar-refractivity contribution in [3.63, 3.8) is 0 Å². The highest BCUT2D eigenvalue weighted by Gasteiger charge is 2.18. The zero-order chi connectivity index (χ0) is 21.5. The summed E-state index contributed by atoms with van der Waals surface area (Å²) in [4.78, 5) is 16.7. The van der Waals surface area contributed by atoms with E-state index in [4.69, 9.17) is 11.6 Å². The number of aromatic nitrogens is 2. The lowest BCUT2D eigenvalue weighted by atomic mass is 10.2. The molecule has 0 unspecified atom stereocenters. The van der Waals surface area contributed by atoms with Crippen molar-refractivity contribution < 1.29 is 4.79 Å². The Morgan fingerprint density at radius 2 is 1.61 bits per heavy atom.